The first-order valence-electron chi connectivity index (χ1n) is 9.27. The Bertz CT molecular complexity index is 854. The number of benzene rings is 1. The lowest BCUT2D eigenvalue weighted by Gasteiger charge is -2.43. The molecule has 1 aliphatic heterocycles. The number of aliphatic hydroxyl groups excluding tert-OH is 1. The molecule has 7 nitrogen and oxygen atoms in total. The van der Waals surface area contributed by atoms with Gasteiger partial charge in [0.2, 0.25) is 0 Å². The van der Waals surface area contributed by atoms with E-state index in [1.807, 2.05) is 30.3 Å². The van der Waals surface area contributed by atoms with Crippen molar-refractivity contribution in [3.63, 3.8) is 0 Å². The standard InChI is InChI=1S/C20H24ClN3O4/c1-23-12-15(21)17(22-23)18(26)24-11-9-16(25)20(13-24,19(27)28)10-5-8-14-6-3-2-4-7-14/h2-4,6-7,12,16,25H,5,8-11,13H2,1H3,(H,27,28)/t16-,20-/m1/s1. The van der Waals surface area contributed by atoms with E-state index < -0.39 is 23.4 Å². The van der Waals surface area contributed by atoms with Gasteiger partial charge in [-0.2, -0.15) is 5.10 Å². The molecule has 8 heteroatoms. The van der Waals surface area contributed by atoms with Gasteiger partial charge in [-0.3, -0.25) is 14.3 Å². The van der Waals surface area contributed by atoms with E-state index in [0.717, 1.165) is 5.56 Å². The van der Waals surface area contributed by atoms with Crippen LogP contribution in [0.25, 0.3) is 0 Å². The minimum Gasteiger partial charge on any atom is -0.481 e. The number of aromatic nitrogens is 2. The van der Waals surface area contributed by atoms with Crippen LogP contribution in [0.3, 0.4) is 0 Å². The number of hydrogen-bond acceptors (Lipinski definition) is 4. The van der Waals surface area contributed by atoms with E-state index in [1.54, 1.807) is 7.05 Å². The Morgan fingerprint density at radius 2 is 2.04 bits per heavy atom. The van der Waals surface area contributed by atoms with Crippen molar-refractivity contribution in [2.24, 2.45) is 12.5 Å². The number of carboxylic acid groups (broad SMARTS) is 1. The summed E-state index contributed by atoms with van der Waals surface area (Å²) < 4.78 is 1.44. The minimum absolute atomic E-state index is 0.0655. The van der Waals surface area contributed by atoms with Crippen LogP contribution in [0.2, 0.25) is 5.02 Å². The third kappa shape index (κ3) is 4.05. The molecule has 1 amide bonds. The van der Waals surface area contributed by atoms with Gasteiger partial charge in [0, 0.05) is 26.3 Å². The van der Waals surface area contributed by atoms with E-state index in [-0.39, 0.29) is 36.6 Å². The molecule has 1 fully saturated rings. The fraction of sp³-hybridized carbons (Fsp3) is 0.450. The molecule has 0 unspecified atom stereocenters. The van der Waals surface area contributed by atoms with Gasteiger partial charge in [-0.05, 0) is 31.2 Å². The largest absolute Gasteiger partial charge is 0.481 e. The van der Waals surface area contributed by atoms with Crippen LogP contribution < -0.4 is 0 Å². The average molecular weight is 406 g/mol. The molecule has 1 aliphatic rings. The van der Waals surface area contributed by atoms with Gasteiger partial charge in [-0.25, -0.2) is 0 Å². The molecule has 0 bridgehead atoms. The third-order valence-electron chi connectivity index (χ3n) is 5.41. The van der Waals surface area contributed by atoms with Crippen LogP contribution in [-0.2, 0) is 18.3 Å². The zero-order chi connectivity index (χ0) is 20.3. The maximum atomic E-state index is 12.8. The zero-order valence-corrected chi connectivity index (χ0v) is 16.5. The minimum atomic E-state index is -1.40. The highest BCUT2D eigenvalue weighted by molar-refractivity contribution is 6.33. The van der Waals surface area contributed by atoms with Crippen LogP contribution in [0.5, 0.6) is 0 Å². The lowest BCUT2D eigenvalue weighted by Crippen LogP contribution is -2.57. The molecule has 1 saturated heterocycles. The first kappa shape index (κ1) is 20.4. The van der Waals surface area contributed by atoms with Crippen molar-refractivity contribution in [3.8, 4) is 0 Å². The van der Waals surface area contributed by atoms with Gasteiger partial charge in [0.25, 0.3) is 5.91 Å². The molecule has 0 spiro atoms. The summed E-state index contributed by atoms with van der Waals surface area (Å²) in [4.78, 5) is 26.4. The smallest absolute Gasteiger partial charge is 0.314 e. The zero-order valence-electron chi connectivity index (χ0n) is 15.7. The third-order valence-corrected chi connectivity index (χ3v) is 5.69. The Balaban J connectivity index is 1.76. The van der Waals surface area contributed by atoms with Crippen molar-refractivity contribution in [1.82, 2.24) is 14.7 Å². The lowest BCUT2D eigenvalue weighted by molar-refractivity contribution is -0.162. The van der Waals surface area contributed by atoms with Crippen LogP contribution in [0.1, 0.15) is 35.3 Å². The Morgan fingerprint density at radius 1 is 1.32 bits per heavy atom. The van der Waals surface area contributed by atoms with Crippen LogP contribution in [0.4, 0.5) is 0 Å². The van der Waals surface area contributed by atoms with E-state index in [4.69, 9.17) is 11.6 Å². The number of amides is 1. The second kappa shape index (κ2) is 8.32. The number of aliphatic carboxylic acids is 1. The van der Waals surface area contributed by atoms with Crippen molar-refractivity contribution in [2.45, 2.75) is 31.8 Å². The molecule has 0 saturated carbocycles. The molecule has 2 N–H and O–H groups in total. The molecular weight excluding hydrogens is 382 g/mol. The van der Waals surface area contributed by atoms with Crippen LogP contribution in [0.15, 0.2) is 36.5 Å². The average Bonchev–Trinajstić information content (AvgIpc) is 3.01. The molecule has 2 heterocycles. The lowest BCUT2D eigenvalue weighted by atomic mass is 9.73. The van der Waals surface area contributed by atoms with Crippen molar-refractivity contribution in [2.75, 3.05) is 13.1 Å². The van der Waals surface area contributed by atoms with Gasteiger partial charge >= 0.3 is 5.97 Å². The number of aliphatic hydroxyl groups is 1. The normalized spacial score (nSPS) is 22.2. The highest BCUT2D eigenvalue weighted by atomic mass is 35.5. The van der Waals surface area contributed by atoms with E-state index >= 15 is 0 Å². The number of aryl methyl sites for hydroxylation is 2. The number of halogens is 1. The van der Waals surface area contributed by atoms with Gasteiger partial charge in [0.1, 0.15) is 5.41 Å². The molecule has 1 aromatic carbocycles. The molecule has 28 heavy (non-hydrogen) atoms. The first-order chi connectivity index (χ1) is 13.3. The maximum absolute atomic E-state index is 12.8. The van der Waals surface area contributed by atoms with Crippen LogP contribution in [-0.4, -0.2) is 56.0 Å². The number of likely N-dealkylation sites (tertiary alicyclic amines) is 1. The Hall–Kier alpha value is -2.38. The van der Waals surface area contributed by atoms with Crippen LogP contribution >= 0.6 is 11.6 Å². The topological polar surface area (TPSA) is 95.7 Å². The number of carbonyl (C=O) groups excluding carboxylic acids is 1. The number of carboxylic acids is 1. The molecule has 1 aromatic heterocycles. The molecular formula is C20H24ClN3O4. The van der Waals surface area contributed by atoms with Gasteiger partial charge in [-0.15, -0.1) is 0 Å². The van der Waals surface area contributed by atoms with Crippen molar-refractivity contribution in [1.29, 1.82) is 0 Å². The monoisotopic (exact) mass is 405 g/mol. The fourth-order valence-electron chi connectivity index (χ4n) is 3.82. The second-order valence-corrected chi connectivity index (χ2v) is 7.74. The van der Waals surface area contributed by atoms with Gasteiger partial charge in [-0.1, -0.05) is 41.9 Å². The summed E-state index contributed by atoms with van der Waals surface area (Å²) in [6, 6.07) is 9.79. The summed E-state index contributed by atoms with van der Waals surface area (Å²) in [7, 11) is 1.66. The van der Waals surface area contributed by atoms with E-state index in [0.29, 0.717) is 12.8 Å². The van der Waals surface area contributed by atoms with Gasteiger partial charge < -0.3 is 15.1 Å². The molecule has 0 aliphatic carbocycles. The summed E-state index contributed by atoms with van der Waals surface area (Å²) in [5.74, 6) is -1.50. The Morgan fingerprint density at radius 3 is 2.64 bits per heavy atom. The molecule has 3 rings (SSSR count). The van der Waals surface area contributed by atoms with E-state index in [1.165, 1.54) is 15.8 Å². The fourth-order valence-corrected chi connectivity index (χ4v) is 4.08. The highest BCUT2D eigenvalue weighted by Crippen LogP contribution is 2.37. The van der Waals surface area contributed by atoms with Crippen molar-refractivity contribution < 1.29 is 19.8 Å². The quantitative estimate of drug-likeness (QED) is 0.769. The number of nitrogens with zero attached hydrogens (tertiary/aromatic N) is 3. The summed E-state index contributed by atoms with van der Waals surface area (Å²) in [6.45, 7) is 0.199. The van der Waals surface area contributed by atoms with Crippen molar-refractivity contribution in [3.05, 3.63) is 52.8 Å². The first-order valence-corrected chi connectivity index (χ1v) is 9.65. The summed E-state index contributed by atoms with van der Waals surface area (Å²) >= 11 is 6.08. The summed E-state index contributed by atoms with van der Waals surface area (Å²) in [5, 5.41) is 24.8. The Kier molecular flexibility index (Phi) is 6.05. The molecule has 150 valence electrons. The number of carbonyl (C=O) groups is 2. The maximum Gasteiger partial charge on any atom is 0.314 e. The predicted octanol–water partition coefficient (Wildman–Crippen LogP) is 2.37. The van der Waals surface area contributed by atoms with Crippen molar-refractivity contribution >= 4 is 23.5 Å². The molecule has 2 atom stereocenters. The second-order valence-electron chi connectivity index (χ2n) is 7.33. The van der Waals surface area contributed by atoms with Crippen LogP contribution in [0, 0.1) is 5.41 Å². The van der Waals surface area contributed by atoms with E-state index in [9.17, 15) is 19.8 Å². The number of hydrogen-bond donors (Lipinski definition) is 2. The van der Waals surface area contributed by atoms with Gasteiger partial charge in [0.15, 0.2) is 5.69 Å². The Labute approximate surface area is 168 Å². The molecule has 2 aromatic rings. The summed E-state index contributed by atoms with van der Waals surface area (Å²) in [6.07, 6.45) is 2.30. The molecule has 0 radical (unpaired) electrons. The predicted molar refractivity (Wildman–Crippen MR) is 104 cm³/mol. The van der Waals surface area contributed by atoms with Gasteiger partial charge in [0.05, 0.1) is 11.1 Å². The van der Waals surface area contributed by atoms with E-state index in [2.05, 4.69) is 5.10 Å². The summed E-state index contributed by atoms with van der Waals surface area (Å²) in [5.41, 5.74) is -0.185. The number of rotatable bonds is 6. The number of piperidine rings is 1. The SMILES string of the molecule is Cn1cc(Cl)c(C(=O)N2CC[C@@H](O)[C@](CCCc3ccccc3)(C(=O)O)C2)n1. The highest BCUT2D eigenvalue weighted by Gasteiger charge is 2.50.